The number of nitrogens with one attached hydrogen (secondary N) is 4. The van der Waals surface area contributed by atoms with Crippen molar-refractivity contribution in [3.63, 3.8) is 0 Å². The second kappa shape index (κ2) is 19.2. The van der Waals surface area contributed by atoms with Gasteiger partial charge in [0.05, 0.1) is 12.1 Å². The zero-order valence-corrected chi connectivity index (χ0v) is 34.1. The predicted molar refractivity (Wildman–Crippen MR) is 210 cm³/mol. The van der Waals surface area contributed by atoms with E-state index in [-0.39, 0.29) is 61.0 Å². The molecular weight excluding hydrogens is 700 g/mol. The number of carbonyl (C=O) groups excluding carboxylic acids is 7. The summed E-state index contributed by atoms with van der Waals surface area (Å²) in [5, 5.41) is 11.3. The number of likely N-dealkylation sites (tertiary alicyclic amines) is 2. The molecule has 0 aromatic carbocycles. The van der Waals surface area contributed by atoms with Crippen molar-refractivity contribution in [1.29, 1.82) is 0 Å². The van der Waals surface area contributed by atoms with Crippen LogP contribution in [0.2, 0.25) is 0 Å². The minimum atomic E-state index is -1.06. The molecule has 2 heterocycles. The van der Waals surface area contributed by atoms with E-state index in [1.54, 1.807) is 0 Å². The van der Waals surface area contributed by atoms with Crippen molar-refractivity contribution in [2.24, 2.45) is 22.7 Å². The number of allylic oxidation sites excluding steroid dienone is 1. The second-order valence-electron chi connectivity index (χ2n) is 17.8. The molecule has 0 aromatic heterocycles. The molecule has 13 nitrogen and oxygen atoms in total. The first-order valence-corrected chi connectivity index (χ1v) is 20.6. The monoisotopic (exact) mass is 766 g/mol. The highest BCUT2D eigenvalue weighted by molar-refractivity contribution is 6.38. The molecule has 2 saturated heterocycles. The molecule has 2 unspecified atom stereocenters. The Labute approximate surface area is 327 Å². The summed E-state index contributed by atoms with van der Waals surface area (Å²) in [7, 11) is 0. The average molecular weight is 767 g/mol. The van der Waals surface area contributed by atoms with Gasteiger partial charge in [-0.1, -0.05) is 83.9 Å². The van der Waals surface area contributed by atoms with Gasteiger partial charge in [-0.25, -0.2) is 4.79 Å². The van der Waals surface area contributed by atoms with Crippen LogP contribution in [0.25, 0.3) is 0 Å². The fourth-order valence-electron chi connectivity index (χ4n) is 8.99. The number of amides is 7. The summed E-state index contributed by atoms with van der Waals surface area (Å²) in [5.74, 6) is -3.15. The van der Waals surface area contributed by atoms with Gasteiger partial charge < -0.3 is 26.2 Å². The van der Waals surface area contributed by atoms with E-state index in [1.807, 2.05) is 47.6 Å². The maximum atomic E-state index is 14.8. The number of imide groups is 1. The quantitative estimate of drug-likeness (QED) is 0.106. The van der Waals surface area contributed by atoms with Crippen LogP contribution >= 0.6 is 0 Å². The number of carbonyl (C=O) groups is 7. The van der Waals surface area contributed by atoms with E-state index >= 15 is 0 Å². The van der Waals surface area contributed by atoms with Crippen LogP contribution in [-0.2, 0) is 28.8 Å². The number of piperidine rings is 1. The van der Waals surface area contributed by atoms with Crippen LogP contribution < -0.4 is 21.3 Å². The minimum absolute atomic E-state index is 0.0364. The van der Waals surface area contributed by atoms with Crippen molar-refractivity contribution < 1.29 is 33.6 Å². The highest BCUT2D eigenvalue weighted by Crippen LogP contribution is 2.47. The molecule has 7 amide bonds. The van der Waals surface area contributed by atoms with Gasteiger partial charge in [-0.2, -0.15) is 0 Å². The molecule has 2 saturated carbocycles. The topological polar surface area (TPSA) is 174 Å². The SMILES string of the molecule is C=CCNC(=O)C(=O)C(CCC)NC(=O)[C@@H]1CC(C=C(C)C)CN1C(=O)[C@@H](NC(=O)N[C@H](CN1C(=O)CC2(CCCC2)CC1=O)C(C)(C)C)C1CCCCC1. The molecular formula is C42H66N6O7. The third-order valence-corrected chi connectivity index (χ3v) is 12.0. The Balaban J connectivity index is 1.55. The van der Waals surface area contributed by atoms with Gasteiger partial charge in [0.1, 0.15) is 12.1 Å². The van der Waals surface area contributed by atoms with Gasteiger partial charge in [0.15, 0.2) is 0 Å². The van der Waals surface area contributed by atoms with Crippen LogP contribution in [0.5, 0.6) is 0 Å². The van der Waals surface area contributed by atoms with Crippen LogP contribution in [0.15, 0.2) is 24.3 Å². The predicted octanol–water partition coefficient (Wildman–Crippen LogP) is 4.70. The number of rotatable bonds is 15. The Bertz CT molecular complexity index is 1460. The van der Waals surface area contributed by atoms with Crippen molar-refractivity contribution in [1.82, 2.24) is 31.1 Å². The smallest absolute Gasteiger partial charge is 0.315 e. The standard InChI is InChI=1S/C42H66N6O7/c1-8-15-30(36(51)38(53)43-20-9-2)44-37(52)31-22-28(21-27(3)4)25-47(31)39(54)35(29-16-11-10-12-17-29)46-40(55)45-32(41(5,6)7)26-48-33(49)23-42(24-34(48)50)18-13-14-19-42/h9,21,28-32,35H,2,8,10-20,22-26H2,1,3-7H3,(H,43,53)(H,44,52)(H2,45,46,55)/t28?,30?,31-,32+,35-/m0/s1. The maximum Gasteiger partial charge on any atom is 0.315 e. The van der Waals surface area contributed by atoms with Gasteiger partial charge in [0, 0.05) is 32.5 Å². The first kappa shape index (κ1) is 43.7. The van der Waals surface area contributed by atoms with Crippen LogP contribution in [0.3, 0.4) is 0 Å². The number of nitrogens with zero attached hydrogens (tertiary/aromatic N) is 2. The molecule has 4 fully saturated rings. The lowest BCUT2D eigenvalue weighted by Crippen LogP contribution is -2.61. The summed E-state index contributed by atoms with van der Waals surface area (Å²) in [6.45, 7) is 15.6. The van der Waals surface area contributed by atoms with Crippen molar-refractivity contribution in [2.45, 2.75) is 156 Å². The molecule has 2 aliphatic heterocycles. The van der Waals surface area contributed by atoms with Gasteiger partial charge >= 0.3 is 6.03 Å². The number of hydrogen-bond donors (Lipinski definition) is 4. The Morgan fingerprint density at radius 1 is 0.927 bits per heavy atom. The molecule has 4 N–H and O–H groups in total. The van der Waals surface area contributed by atoms with E-state index in [9.17, 15) is 33.6 Å². The van der Waals surface area contributed by atoms with Crippen LogP contribution in [0.1, 0.15) is 131 Å². The van der Waals surface area contributed by atoms with E-state index in [1.165, 1.54) is 15.9 Å². The third kappa shape index (κ3) is 11.5. The first-order valence-electron chi connectivity index (χ1n) is 20.6. The molecule has 0 bridgehead atoms. The van der Waals surface area contributed by atoms with Gasteiger partial charge in [0.25, 0.3) is 5.91 Å². The average Bonchev–Trinajstić information content (AvgIpc) is 3.76. The molecule has 0 aromatic rings. The molecule has 55 heavy (non-hydrogen) atoms. The fourth-order valence-corrected chi connectivity index (χ4v) is 8.99. The molecule has 306 valence electrons. The summed E-state index contributed by atoms with van der Waals surface area (Å²) in [4.78, 5) is 98.0. The van der Waals surface area contributed by atoms with Gasteiger partial charge in [-0.3, -0.25) is 33.7 Å². The molecule has 13 heteroatoms. The Morgan fingerprint density at radius 2 is 1.56 bits per heavy atom. The second-order valence-corrected chi connectivity index (χ2v) is 17.8. The first-order chi connectivity index (χ1) is 26.0. The lowest BCUT2D eigenvalue weighted by atomic mass is 9.76. The summed E-state index contributed by atoms with van der Waals surface area (Å²) in [6, 6.07) is -4.08. The minimum Gasteiger partial charge on any atom is -0.346 e. The van der Waals surface area contributed by atoms with Crippen LogP contribution in [0, 0.1) is 22.7 Å². The fraction of sp³-hybridized carbons (Fsp3) is 0.738. The summed E-state index contributed by atoms with van der Waals surface area (Å²) < 4.78 is 0. The van der Waals surface area contributed by atoms with Crippen molar-refractivity contribution >= 4 is 41.4 Å². The van der Waals surface area contributed by atoms with Crippen molar-refractivity contribution in [2.75, 3.05) is 19.6 Å². The molecule has 1 spiro atoms. The number of urea groups is 1. The van der Waals surface area contributed by atoms with Crippen LogP contribution in [0.4, 0.5) is 4.79 Å². The van der Waals surface area contributed by atoms with Crippen molar-refractivity contribution in [3.05, 3.63) is 24.3 Å². The zero-order chi connectivity index (χ0) is 40.5. The Morgan fingerprint density at radius 3 is 2.13 bits per heavy atom. The third-order valence-electron chi connectivity index (χ3n) is 12.0. The normalized spacial score (nSPS) is 23.1. The zero-order valence-electron chi connectivity index (χ0n) is 34.1. The molecule has 0 radical (unpaired) electrons. The summed E-state index contributed by atoms with van der Waals surface area (Å²) in [5.41, 5.74) is 0.270. The molecule has 2 aliphatic carbocycles. The largest absolute Gasteiger partial charge is 0.346 e. The van der Waals surface area contributed by atoms with E-state index in [4.69, 9.17) is 0 Å². The van der Waals surface area contributed by atoms with Crippen molar-refractivity contribution in [3.8, 4) is 0 Å². The van der Waals surface area contributed by atoms with Gasteiger partial charge in [-0.05, 0) is 75.0 Å². The van der Waals surface area contributed by atoms with E-state index in [2.05, 4.69) is 27.8 Å². The number of Topliss-reactive ketones (excluding diaryl/α,β-unsaturated/α-hetero) is 1. The lowest BCUT2D eigenvalue weighted by Gasteiger charge is -2.41. The number of hydrogen-bond acceptors (Lipinski definition) is 7. The summed E-state index contributed by atoms with van der Waals surface area (Å²) in [6.07, 6.45) is 13.4. The molecule has 5 atom stereocenters. The highest BCUT2D eigenvalue weighted by Gasteiger charge is 2.47. The molecule has 4 aliphatic rings. The van der Waals surface area contributed by atoms with E-state index in [0.717, 1.165) is 63.4 Å². The highest BCUT2D eigenvalue weighted by atomic mass is 16.2. The number of ketones is 1. The van der Waals surface area contributed by atoms with E-state index in [0.29, 0.717) is 25.7 Å². The van der Waals surface area contributed by atoms with Gasteiger partial charge in [-0.15, -0.1) is 6.58 Å². The van der Waals surface area contributed by atoms with Crippen LogP contribution in [-0.4, -0.2) is 95.0 Å². The maximum absolute atomic E-state index is 14.8. The Hall–Kier alpha value is -4.03. The van der Waals surface area contributed by atoms with Gasteiger partial charge in [0.2, 0.25) is 29.4 Å². The van der Waals surface area contributed by atoms with E-state index < -0.39 is 53.2 Å². The summed E-state index contributed by atoms with van der Waals surface area (Å²) >= 11 is 0. The Kier molecular flexibility index (Phi) is 15.3. The molecule has 4 rings (SSSR count). The lowest BCUT2D eigenvalue weighted by molar-refractivity contribution is -0.154.